The SMILES string of the molecule is O=[N+]([O-])c1cnc(NCCN2CCCCCC2)nc1. The number of aromatic nitrogens is 2. The van der Waals surface area contributed by atoms with Crippen LogP contribution in [0.5, 0.6) is 0 Å². The average Bonchev–Trinajstić information content (AvgIpc) is 2.68. The van der Waals surface area contributed by atoms with Crippen LogP contribution in [0.4, 0.5) is 11.6 Å². The van der Waals surface area contributed by atoms with Crippen molar-refractivity contribution in [2.75, 3.05) is 31.5 Å². The van der Waals surface area contributed by atoms with E-state index in [2.05, 4.69) is 20.2 Å². The van der Waals surface area contributed by atoms with Crippen LogP contribution >= 0.6 is 0 Å². The van der Waals surface area contributed by atoms with Crippen molar-refractivity contribution in [2.24, 2.45) is 0 Å². The molecule has 1 aliphatic rings. The second-order valence-corrected chi connectivity index (χ2v) is 4.70. The number of hydrogen-bond acceptors (Lipinski definition) is 6. The van der Waals surface area contributed by atoms with Crippen molar-refractivity contribution in [3.8, 4) is 0 Å². The predicted octanol–water partition coefficient (Wildman–Crippen LogP) is 1.67. The molecule has 0 radical (unpaired) electrons. The van der Waals surface area contributed by atoms with Gasteiger partial charge in [-0.15, -0.1) is 0 Å². The molecule has 19 heavy (non-hydrogen) atoms. The van der Waals surface area contributed by atoms with Crippen LogP contribution in [0.2, 0.25) is 0 Å². The van der Waals surface area contributed by atoms with Gasteiger partial charge in [-0.2, -0.15) is 0 Å². The molecule has 0 amide bonds. The first-order valence-corrected chi connectivity index (χ1v) is 6.68. The molecule has 0 bridgehead atoms. The highest BCUT2D eigenvalue weighted by molar-refractivity contribution is 5.30. The second kappa shape index (κ2) is 6.98. The highest BCUT2D eigenvalue weighted by Crippen LogP contribution is 2.10. The number of nitrogens with one attached hydrogen (secondary N) is 1. The van der Waals surface area contributed by atoms with Gasteiger partial charge in [0.05, 0.1) is 4.92 Å². The number of nitro groups is 1. The zero-order chi connectivity index (χ0) is 13.5. The Kier molecular flexibility index (Phi) is 5.02. The van der Waals surface area contributed by atoms with Gasteiger partial charge in [0.25, 0.3) is 0 Å². The Morgan fingerprint density at radius 1 is 1.21 bits per heavy atom. The van der Waals surface area contributed by atoms with Crippen LogP contribution in [-0.4, -0.2) is 46.0 Å². The van der Waals surface area contributed by atoms with E-state index < -0.39 is 4.92 Å². The number of nitrogens with zero attached hydrogens (tertiary/aromatic N) is 4. The Hall–Kier alpha value is -1.76. The van der Waals surface area contributed by atoms with Crippen molar-refractivity contribution < 1.29 is 4.92 Å². The third kappa shape index (κ3) is 4.44. The van der Waals surface area contributed by atoms with Crippen LogP contribution in [0.1, 0.15) is 25.7 Å². The predicted molar refractivity (Wildman–Crippen MR) is 72.1 cm³/mol. The van der Waals surface area contributed by atoms with Crippen molar-refractivity contribution in [3.63, 3.8) is 0 Å². The standard InChI is InChI=1S/C12H19N5O2/c18-17(19)11-9-14-12(15-10-11)13-5-8-16-6-3-1-2-4-7-16/h9-10H,1-8H2,(H,13,14,15). The monoisotopic (exact) mass is 265 g/mol. The molecule has 1 saturated heterocycles. The Bertz CT molecular complexity index is 401. The van der Waals surface area contributed by atoms with Gasteiger partial charge in [0.2, 0.25) is 5.95 Å². The van der Waals surface area contributed by atoms with E-state index in [4.69, 9.17) is 0 Å². The number of anilines is 1. The average molecular weight is 265 g/mol. The highest BCUT2D eigenvalue weighted by Gasteiger charge is 2.09. The lowest BCUT2D eigenvalue weighted by molar-refractivity contribution is -0.385. The summed E-state index contributed by atoms with van der Waals surface area (Å²) >= 11 is 0. The van der Waals surface area contributed by atoms with Gasteiger partial charge in [0.15, 0.2) is 0 Å². The normalized spacial score (nSPS) is 16.8. The molecule has 0 saturated carbocycles. The largest absolute Gasteiger partial charge is 0.353 e. The molecule has 0 aliphatic carbocycles. The number of likely N-dealkylation sites (tertiary alicyclic amines) is 1. The quantitative estimate of drug-likeness (QED) is 0.644. The molecule has 7 nitrogen and oxygen atoms in total. The van der Waals surface area contributed by atoms with Crippen molar-refractivity contribution in [2.45, 2.75) is 25.7 Å². The third-order valence-corrected chi connectivity index (χ3v) is 3.26. The molecule has 1 aromatic heterocycles. The minimum Gasteiger partial charge on any atom is -0.353 e. The van der Waals surface area contributed by atoms with E-state index in [0.717, 1.165) is 26.2 Å². The van der Waals surface area contributed by atoms with Crippen molar-refractivity contribution >= 4 is 11.6 Å². The minimum atomic E-state index is -0.499. The Morgan fingerprint density at radius 3 is 2.42 bits per heavy atom. The summed E-state index contributed by atoms with van der Waals surface area (Å²) in [7, 11) is 0. The van der Waals surface area contributed by atoms with E-state index in [9.17, 15) is 10.1 Å². The first kappa shape index (κ1) is 13.7. The van der Waals surface area contributed by atoms with Crippen LogP contribution in [0.25, 0.3) is 0 Å². The highest BCUT2D eigenvalue weighted by atomic mass is 16.6. The lowest BCUT2D eigenvalue weighted by Gasteiger charge is -2.19. The van der Waals surface area contributed by atoms with E-state index in [-0.39, 0.29) is 5.69 Å². The summed E-state index contributed by atoms with van der Waals surface area (Å²) in [4.78, 5) is 20.2. The Labute approximate surface area is 112 Å². The molecule has 7 heteroatoms. The van der Waals surface area contributed by atoms with Crippen molar-refractivity contribution in [3.05, 3.63) is 22.5 Å². The van der Waals surface area contributed by atoms with Crippen molar-refractivity contribution in [1.29, 1.82) is 0 Å². The van der Waals surface area contributed by atoms with Crippen LogP contribution in [0.3, 0.4) is 0 Å². The third-order valence-electron chi connectivity index (χ3n) is 3.26. The molecule has 0 aromatic carbocycles. The van der Waals surface area contributed by atoms with Crippen LogP contribution in [-0.2, 0) is 0 Å². The number of hydrogen-bond donors (Lipinski definition) is 1. The van der Waals surface area contributed by atoms with Gasteiger partial charge < -0.3 is 10.2 Å². The van der Waals surface area contributed by atoms with Crippen molar-refractivity contribution in [1.82, 2.24) is 14.9 Å². The van der Waals surface area contributed by atoms with Crippen LogP contribution < -0.4 is 5.32 Å². The van der Waals surface area contributed by atoms with E-state index in [1.54, 1.807) is 0 Å². The van der Waals surface area contributed by atoms with E-state index in [0.29, 0.717) is 5.95 Å². The van der Waals surface area contributed by atoms with Gasteiger partial charge in [-0.3, -0.25) is 10.1 Å². The summed E-state index contributed by atoms with van der Waals surface area (Å²) in [5.74, 6) is 0.445. The smallest absolute Gasteiger partial charge is 0.305 e. The summed E-state index contributed by atoms with van der Waals surface area (Å²) in [5.41, 5.74) is -0.0851. The van der Waals surface area contributed by atoms with Crippen LogP contribution in [0.15, 0.2) is 12.4 Å². The van der Waals surface area contributed by atoms with Gasteiger partial charge in [-0.1, -0.05) is 12.8 Å². The van der Waals surface area contributed by atoms with Gasteiger partial charge in [0.1, 0.15) is 12.4 Å². The fourth-order valence-corrected chi connectivity index (χ4v) is 2.19. The lowest BCUT2D eigenvalue weighted by Crippen LogP contribution is -2.30. The minimum absolute atomic E-state index is 0.0851. The summed E-state index contributed by atoms with van der Waals surface area (Å²) in [5, 5.41) is 13.6. The molecular formula is C12H19N5O2. The maximum atomic E-state index is 10.5. The van der Waals surface area contributed by atoms with E-state index >= 15 is 0 Å². The summed E-state index contributed by atoms with van der Waals surface area (Å²) in [6, 6.07) is 0. The molecule has 1 fully saturated rings. The van der Waals surface area contributed by atoms with Gasteiger partial charge >= 0.3 is 5.69 Å². The summed E-state index contributed by atoms with van der Waals surface area (Å²) in [6.45, 7) is 4.03. The zero-order valence-electron chi connectivity index (χ0n) is 10.9. The lowest BCUT2D eigenvalue weighted by atomic mass is 10.2. The molecular weight excluding hydrogens is 246 g/mol. The molecule has 2 rings (SSSR count). The zero-order valence-corrected chi connectivity index (χ0v) is 10.9. The Morgan fingerprint density at radius 2 is 1.84 bits per heavy atom. The summed E-state index contributed by atoms with van der Waals surface area (Å²) < 4.78 is 0. The molecule has 0 unspecified atom stereocenters. The summed E-state index contributed by atoms with van der Waals surface area (Å²) in [6.07, 6.45) is 7.65. The maximum Gasteiger partial charge on any atom is 0.305 e. The molecule has 0 atom stereocenters. The number of rotatable bonds is 5. The van der Waals surface area contributed by atoms with Gasteiger partial charge in [0, 0.05) is 13.1 Å². The van der Waals surface area contributed by atoms with E-state index in [1.807, 2.05) is 0 Å². The first-order valence-electron chi connectivity index (χ1n) is 6.68. The second-order valence-electron chi connectivity index (χ2n) is 4.70. The Balaban J connectivity index is 1.74. The molecule has 1 aliphatic heterocycles. The van der Waals surface area contributed by atoms with Gasteiger partial charge in [-0.05, 0) is 25.9 Å². The van der Waals surface area contributed by atoms with E-state index in [1.165, 1.54) is 38.1 Å². The molecule has 1 N–H and O–H groups in total. The molecule has 0 spiro atoms. The molecule has 104 valence electrons. The fourth-order valence-electron chi connectivity index (χ4n) is 2.19. The van der Waals surface area contributed by atoms with Crippen LogP contribution in [0, 0.1) is 10.1 Å². The topological polar surface area (TPSA) is 84.2 Å². The molecule has 1 aromatic rings. The van der Waals surface area contributed by atoms with Gasteiger partial charge in [-0.25, -0.2) is 9.97 Å². The maximum absolute atomic E-state index is 10.5. The fraction of sp³-hybridized carbons (Fsp3) is 0.667. The first-order chi connectivity index (χ1) is 9.25. The molecule has 2 heterocycles.